The summed E-state index contributed by atoms with van der Waals surface area (Å²) in [4.78, 5) is 20.6. The summed E-state index contributed by atoms with van der Waals surface area (Å²) < 4.78 is 62.1. The van der Waals surface area contributed by atoms with Crippen LogP contribution in [0.25, 0.3) is 10.9 Å². The zero-order chi connectivity index (χ0) is 29.0. The van der Waals surface area contributed by atoms with Gasteiger partial charge in [0.25, 0.3) is 0 Å². The minimum atomic E-state index is -1.42. The van der Waals surface area contributed by atoms with Crippen molar-refractivity contribution in [1.29, 1.82) is 0 Å². The molecule has 1 aromatic heterocycles. The number of carbonyl (C=O) groups is 1. The lowest BCUT2D eigenvalue weighted by Gasteiger charge is -2.39. The second-order valence-electron chi connectivity index (χ2n) is 10.4. The number of anilines is 2. The third-order valence-corrected chi connectivity index (χ3v) is 7.77. The number of carboxylic acid groups (broad SMARTS) is 1. The molecule has 7 nitrogen and oxygen atoms in total. The van der Waals surface area contributed by atoms with Crippen LogP contribution < -0.4 is 15.0 Å². The van der Waals surface area contributed by atoms with Crippen LogP contribution in [0.5, 0.6) is 5.75 Å². The summed E-state index contributed by atoms with van der Waals surface area (Å²) in [6.07, 6.45) is 1.03. The van der Waals surface area contributed by atoms with E-state index in [0.29, 0.717) is 66.4 Å². The van der Waals surface area contributed by atoms with Crippen LogP contribution >= 0.6 is 0 Å². The highest BCUT2D eigenvalue weighted by Crippen LogP contribution is 2.43. The topological polar surface area (TPSA) is 77.9 Å². The first-order chi connectivity index (χ1) is 19.0. The van der Waals surface area contributed by atoms with Crippen molar-refractivity contribution >= 4 is 28.2 Å². The number of benzene rings is 2. The van der Waals surface area contributed by atoms with Gasteiger partial charge in [0.05, 0.1) is 35.6 Å². The van der Waals surface area contributed by atoms with Crippen LogP contribution in [0.1, 0.15) is 37.4 Å². The van der Waals surface area contributed by atoms with E-state index < -0.39 is 35.0 Å². The first-order valence-electron chi connectivity index (χ1n) is 13.2. The van der Waals surface area contributed by atoms with Crippen molar-refractivity contribution in [2.45, 2.75) is 31.9 Å². The molecule has 0 spiro atoms. The molecule has 1 fully saturated rings. The number of methoxy groups -OCH3 is 1. The SMILES string of the molecule is COc1ccc2ncc(N(C)C)c(C(F)CCC3(C(=O)O)CCN(CCNc4cc(F)cc(F)c4F)CC3)c2c1. The van der Waals surface area contributed by atoms with Crippen LogP contribution in [0.15, 0.2) is 36.5 Å². The molecule has 1 aliphatic rings. The third-order valence-electron chi connectivity index (χ3n) is 7.77. The maximum absolute atomic E-state index is 16.0. The number of hydrogen-bond donors (Lipinski definition) is 2. The van der Waals surface area contributed by atoms with Crippen molar-refractivity contribution in [3.63, 3.8) is 0 Å². The molecule has 3 aromatic rings. The lowest BCUT2D eigenvalue weighted by atomic mass is 9.74. The standard InChI is InChI=1S/C29H34F4N4O3/c1-36(2)25-17-35-23-5-4-19(40-3)16-20(23)26(25)21(31)6-7-29(28(38)39)8-11-37(12-9-29)13-10-34-24-15-18(30)14-22(32)27(24)33/h4-5,14-17,21,34H,6-13H2,1-3H3,(H,38,39). The van der Waals surface area contributed by atoms with E-state index in [2.05, 4.69) is 10.3 Å². The lowest BCUT2D eigenvalue weighted by Crippen LogP contribution is -2.45. The van der Waals surface area contributed by atoms with Gasteiger partial charge in [-0.05, 0) is 57.0 Å². The summed E-state index contributed by atoms with van der Waals surface area (Å²) in [6, 6.07) is 6.65. The Morgan fingerprint density at radius 3 is 2.58 bits per heavy atom. The highest BCUT2D eigenvalue weighted by Gasteiger charge is 2.42. The Hall–Kier alpha value is -3.60. The maximum Gasteiger partial charge on any atom is 0.309 e. The molecule has 216 valence electrons. The van der Waals surface area contributed by atoms with Crippen LogP contribution in [0, 0.1) is 22.9 Å². The number of halogens is 4. The summed E-state index contributed by atoms with van der Waals surface area (Å²) in [5.74, 6) is -3.68. The molecule has 0 amide bonds. The van der Waals surface area contributed by atoms with Crippen molar-refractivity contribution in [3.8, 4) is 5.75 Å². The smallest absolute Gasteiger partial charge is 0.309 e. The first kappa shape index (κ1) is 29.4. The second kappa shape index (κ2) is 12.3. The number of likely N-dealkylation sites (tertiary alicyclic amines) is 1. The molecule has 1 unspecified atom stereocenters. The molecule has 0 bridgehead atoms. The number of nitrogens with one attached hydrogen (secondary N) is 1. The number of pyridine rings is 1. The molecule has 40 heavy (non-hydrogen) atoms. The Bertz CT molecular complexity index is 1360. The quantitative estimate of drug-likeness (QED) is 0.226. The van der Waals surface area contributed by atoms with Crippen LogP contribution in [0.2, 0.25) is 0 Å². The fourth-order valence-electron chi connectivity index (χ4n) is 5.35. The number of rotatable bonds is 11. The molecule has 2 aromatic carbocycles. The first-order valence-corrected chi connectivity index (χ1v) is 13.2. The van der Waals surface area contributed by atoms with Gasteiger partial charge in [-0.25, -0.2) is 17.6 Å². The molecule has 11 heteroatoms. The molecule has 0 saturated carbocycles. The van der Waals surface area contributed by atoms with Crippen LogP contribution in [-0.4, -0.2) is 68.3 Å². The number of aromatic nitrogens is 1. The fraction of sp³-hybridized carbons (Fsp3) is 0.448. The van der Waals surface area contributed by atoms with E-state index in [1.807, 2.05) is 19.0 Å². The molecule has 0 aliphatic carbocycles. The van der Waals surface area contributed by atoms with E-state index in [1.54, 1.807) is 29.3 Å². The van der Waals surface area contributed by atoms with Gasteiger partial charge in [-0.3, -0.25) is 9.78 Å². The minimum absolute atomic E-state index is 0.0232. The van der Waals surface area contributed by atoms with E-state index in [1.165, 1.54) is 7.11 Å². The number of fused-ring (bicyclic) bond motifs is 1. The van der Waals surface area contributed by atoms with E-state index in [9.17, 15) is 23.1 Å². The zero-order valence-corrected chi connectivity index (χ0v) is 22.8. The third kappa shape index (κ3) is 6.24. The van der Waals surface area contributed by atoms with Gasteiger partial charge in [0, 0.05) is 50.3 Å². The average Bonchev–Trinajstić information content (AvgIpc) is 2.93. The van der Waals surface area contributed by atoms with Crippen molar-refractivity contribution in [3.05, 3.63) is 59.5 Å². The summed E-state index contributed by atoms with van der Waals surface area (Å²) in [5.41, 5.74) is 0.361. The van der Waals surface area contributed by atoms with Gasteiger partial charge in [-0.1, -0.05) is 0 Å². The molecule has 2 N–H and O–H groups in total. The number of hydrogen-bond acceptors (Lipinski definition) is 6. The molecule has 1 atom stereocenters. The predicted octanol–water partition coefficient (Wildman–Crippen LogP) is 5.80. The largest absolute Gasteiger partial charge is 0.497 e. The number of carboxylic acids is 1. The minimum Gasteiger partial charge on any atom is -0.497 e. The molecular formula is C29H34F4N4O3. The Labute approximate surface area is 230 Å². The van der Waals surface area contributed by atoms with E-state index >= 15 is 4.39 Å². The highest BCUT2D eigenvalue weighted by molar-refractivity contribution is 5.88. The van der Waals surface area contributed by atoms with E-state index in [-0.39, 0.29) is 25.1 Å². The van der Waals surface area contributed by atoms with Crippen LogP contribution in [0.4, 0.5) is 28.9 Å². The molecule has 2 heterocycles. The second-order valence-corrected chi connectivity index (χ2v) is 10.4. The summed E-state index contributed by atoms with van der Waals surface area (Å²) >= 11 is 0. The molecule has 4 rings (SSSR count). The number of alkyl halides is 1. The van der Waals surface area contributed by atoms with Gasteiger partial charge in [0.1, 0.15) is 17.7 Å². The van der Waals surface area contributed by atoms with Gasteiger partial charge in [0.2, 0.25) is 0 Å². The zero-order valence-electron chi connectivity index (χ0n) is 22.8. The van der Waals surface area contributed by atoms with Gasteiger partial charge in [0.15, 0.2) is 11.6 Å². The van der Waals surface area contributed by atoms with E-state index in [0.717, 1.165) is 6.07 Å². The Balaban J connectivity index is 1.41. The van der Waals surface area contributed by atoms with Crippen molar-refractivity contribution in [2.75, 3.05) is 57.6 Å². The number of piperidine rings is 1. The van der Waals surface area contributed by atoms with Gasteiger partial charge in [-0.15, -0.1) is 0 Å². The normalized spacial score (nSPS) is 16.1. The Morgan fingerprint density at radius 1 is 1.20 bits per heavy atom. The summed E-state index contributed by atoms with van der Waals surface area (Å²) in [5, 5.41) is 13.5. The molecule has 1 saturated heterocycles. The van der Waals surface area contributed by atoms with Crippen molar-refractivity contribution < 1.29 is 32.2 Å². The number of ether oxygens (including phenoxy) is 1. The average molecular weight is 563 g/mol. The fourth-order valence-corrected chi connectivity index (χ4v) is 5.35. The Morgan fingerprint density at radius 2 is 1.93 bits per heavy atom. The lowest BCUT2D eigenvalue weighted by molar-refractivity contribution is -0.153. The molecule has 0 radical (unpaired) electrons. The highest BCUT2D eigenvalue weighted by atomic mass is 19.2. The Kier molecular flexibility index (Phi) is 9.02. The summed E-state index contributed by atoms with van der Waals surface area (Å²) in [6.45, 7) is 1.54. The molecular weight excluding hydrogens is 528 g/mol. The summed E-state index contributed by atoms with van der Waals surface area (Å²) in [7, 11) is 5.15. The number of nitrogens with zero attached hydrogens (tertiary/aromatic N) is 3. The van der Waals surface area contributed by atoms with Crippen LogP contribution in [0.3, 0.4) is 0 Å². The van der Waals surface area contributed by atoms with Gasteiger partial charge < -0.3 is 25.0 Å². The maximum atomic E-state index is 16.0. The number of aliphatic carboxylic acids is 1. The van der Waals surface area contributed by atoms with Gasteiger partial charge in [-0.2, -0.15) is 0 Å². The van der Waals surface area contributed by atoms with E-state index in [4.69, 9.17) is 4.74 Å². The van der Waals surface area contributed by atoms with Crippen LogP contribution in [-0.2, 0) is 4.79 Å². The van der Waals surface area contributed by atoms with Gasteiger partial charge >= 0.3 is 5.97 Å². The monoisotopic (exact) mass is 562 g/mol. The van der Waals surface area contributed by atoms with Crippen molar-refractivity contribution in [2.24, 2.45) is 5.41 Å². The molecule has 1 aliphatic heterocycles. The van der Waals surface area contributed by atoms with Crippen molar-refractivity contribution in [1.82, 2.24) is 9.88 Å². The predicted molar refractivity (Wildman–Crippen MR) is 146 cm³/mol.